The maximum Gasteiger partial charge on any atom is 0.118 e. The molecule has 4 heteroatoms. The van der Waals surface area contributed by atoms with Crippen LogP contribution in [0.3, 0.4) is 0 Å². The van der Waals surface area contributed by atoms with Crippen molar-refractivity contribution in [3.8, 4) is 5.75 Å². The quantitative estimate of drug-likeness (QED) is 0.638. The van der Waals surface area contributed by atoms with E-state index in [1.165, 1.54) is 5.56 Å². The van der Waals surface area contributed by atoms with Crippen molar-refractivity contribution >= 4 is 39.1 Å². The van der Waals surface area contributed by atoms with Crippen LogP contribution in [0.4, 0.5) is 0 Å². The highest BCUT2D eigenvalue weighted by Crippen LogP contribution is 2.31. The molecule has 1 atom stereocenters. The molecule has 100 valence electrons. The molecular weight excluding hydrogens is 347 g/mol. The van der Waals surface area contributed by atoms with Gasteiger partial charge in [-0.25, -0.2) is 0 Å². The minimum absolute atomic E-state index is 0.178. The Bertz CT molecular complexity index is 534. The van der Waals surface area contributed by atoms with Crippen LogP contribution in [0.25, 0.3) is 0 Å². The number of hydrogen-bond acceptors (Lipinski definition) is 1. The van der Waals surface area contributed by atoms with Gasteiger partial charge in [0, 0.05) is 14.9 Å². The first kappa shape index (κ1) is 14.7. The van der Waals surface area contributed by atoms with Crippen LogP contribution in [0.15, 0.2) is 42.5 Å². The Morgan fingerprint density at radius 2 is 1.63 bits per heavy atom. The van der Waals surface area contributed by atoms with E-state index in [1.807, 2.05) is 24.3 Å². The van der Waals surface area contributed by atoms with Gasteiger partial charge >= 0.3 is 0 Å². The summed E-state index contributed by atoms with van der Waals surface area (Å²) in [5.41, 5.74) is 2.30. The lowest BCUT2D eigenvalue weighted by atomic mass is 10.0. The van der Waals surface area contributed by atoms with Crippen LogP contribution >= 0.6 is 39.1 Å². The lowest BCUT2D eigenvalue weighted by Crippen LogP contribution is -1.96. The van der Waals surface area contributed by atoms with Gasteiger partial charge in [-0.3, -0.25) is 0 Å². The zero-order chi connectivity index (χ0) is 13.8. The number of rotatable bonds is 4. The Morgan fingerprint density at radius 1 is 1.05 bits per heavy atom. The number of methoxy groups -OCH3 is 1. The maximum absolute atomic E-state index is 6.01. The van der Waals surface area contributed by atoms with Crippen LogP contribution in [0.2, 0.25) is 10.0 Å². The van der Waals surface area contributed by atoms with Gasteiger partial charge in [0.1, 0.15) is 5.75 Å². The first-order valence-electron chi connectivity index (χ1n) is 5.81. The average molecular weight is 360 g/mol. The molecule has 0 N–H and O–H groups in total. The molecule has 0 saturated carbocycles. The Balaban J connectivity index is 2.13. The van der Waals surface area contributed by atoms with E-state index >= 15 is 0 Å². The Kier molecular flexibility index (Phi) is 5.14. The van der Waals surface area contributed by atoms with Crippen molar-refractivity contribution in [3.05, 3.63) is 63.6 Å². The molecule has 1 nitrogen and oxygen atoms in total. The van der Waals surface area contributed by atoms with E-state index in [1.54, 1.807) is 13.2 Å². The summed E-state index contributed by atoms with van der Waals surface area (Å²) in [6.45, 7) is 0. The van der Waals surface area contributed by atoms with Crippen LogP contribution in [-0.4, -0.2) is 7.11 Å². The van der Waals surface area contributed by atoms with E-state index in [2.05, 4.69) is 28.1 Å². The van der Waals surface area contributed by atoms with Gasteiger partial charge < -0.3 is 4.74 Å². The smallest absolute Gasteiger partial charge is 0.118 e. The number of alkyl halides is 1. The molecular formula is C15H13BrCl2O. The molecule has 0 bridgehead atoms. The second-order valence-corrected chi connectivity index (χ2v) is 6.20. The number of halogens is 3. The van der Waals surface area contributed by atoms with Gasteiger partial charge in [-0.1, -0.05) is 51.3 Å². The highest BCUT2D eigenvalue weighted by atomic mass is 79.9. The molecule has 0 saturated heterocycles. The molecule has 0 aliphatic rings. The Morgan fingerprint density at radius 3 is 2.16 bits per heavy atom. The average Bonchev–Trinajstić information content (AvgIpc) is 2.38. The predicted octanol–water partition coefficient (Wildman–Crippen LogP) is 5.68. The molecule has 0 aromatic heterocycles. The van der Waals surface area contributed by atoms with Crippen molar-refractivity contribution in [2.75, 3.05) is 7.11 Å². The fourth-order valence-electron chi connectivity index (χ4n) is 1.84. The molecule has 2 aromatic carbocycles. The van der Waals surface area contributed by atoms with Crippen molar-refractivity contribution in [3.63, 3.8) is 0 Å². The number of benzene rings is 2. The lowest BCUT2D eigenvalue weighted by molar-refractivity contribution is 0.414. The van der Waals surface area contributed by atoms with E-state index in [4.69, 9.17) is 27.9 Å². The molecule has 0 spiro atoms. The summed E-state index contributed by atoms with van der Waals surface area (Å²) in [6, 6.07) is 13.6. The second kappa shape index (κ2) is 6.65. The fourth-order valence-corrected chi connectivity index (χ4v) is 3.02. The number of ether oxygens (including phenoxy) is 1. The SMILES string of the molecule is COc1ccc(CC(Br)c2cc(Cl)cc(Cl)c2)cc1. The molecule has 2 aromatic rings. The van der Waals surface area contributed by atoms with E-state index in [0.29, 0.717) is 10.0 Å². The fraction of sp³-hybridized carbons (Fsp3) is 0.200. The maximum atomic E-state index is 6.01. The summed E-state index contributed by atoms with van der Waals surface area (Å²) in [4.78, 5) is 0.178. The van der Waals surface area contributed by atoms with E-state index in [-0.39, 0.29) is 4.83 Å². The van der Waals surface area contributed by atoms with Gasteiger partial charge in [0.25, 0.3) is 0 Å². The standard InChI is InChI=1S/C15H13BrCl2O/c1-19-14-4-2-10(3-5-14)6-15(16)11-7-12(17)9-13(18)8-11/h2-5,7-9,15H,6H2,1H3. The zero-order valence-electron chi connectivity index (χ0n) is 10.4. The summed E-state index contributed by atoms with van der Waals surface area (Å²) in [6.07, 6.45) is 0.862. The van der Waals surface area contributed by atoms with Crippen molar-refractivity contribution in [1.82, 2.24) is 0 Å². The van der Waals surface area contributed by atoms with E-state index in [0.717, 1.165) is 17.7 Å². The third kappa shape index (κ3) is 4.13. The summed E-state index contributed by atoms with van der Waals surface area (Å²) in [5.74, 6) is 0.862. The molecule has 2 rings (SSSR count). The molecule has 0 amide bonds. The van der Waals surface area contributed by atoms with Gasteiger partial charge in [-0.05, 0) is 47.9 Å². The van der Waals surface area contributed by atoms with Gasteiger partial charge in [0.2, 0.25) is 0 Å². The third-order valence-corrected chi connectivity index (χ3v) is 4.11. The third-order valence-electron chi connectivity index (χ3n) is 2.82. The van der Waals surface area contributed by atoms with Gasteiger partial charge in [-0.15, -0.1) is 0 Å². The van der Waals surface area contributed by atoms with Crippen molar-refractivity contribution in [1.29, 1.82) is 0 Å². The normalized spacial score (nSPS) is 12.2. The lowest BCUT2D eigenvalue weighted by Gasteiger charge is -2.12. The highest BCUT2D eigenvalue weighted by molar-refractivity contribution is 9.09. The predicted molar refractivity (Wildman–Crippen MR) is 84.8 cm³/mol. The Hall–Kier alpha value is -0.700. The molecule has 0 aliphatic heterocycles. The van der Waals surface area contributed by atoms with E-state index in [9.17, 15) is 0 Å². The minimum atomic E-state index is 0.178. The first-order chi connectivity index (χ1) is 9.08. The zero-order valence-corrected chi connectivity index (χ0v) is 13.5. The molecule has 19 heavy (non-hydrogen) atoms. The minimum Gasteiger partial charge on any atom is -0.497 e. The largest absolute Gasteiger partial charge is 0.497 e. The van der Waals surface area contributed by atoms with Crippen LogP contribution in [0.1, 0.15) is 16.0 Å². The summed E-state index contributed by atoms with van der Waals surface area (Å²) < 4.78 is 5.14. The molecule has 1 unspecified atom stereocenters. The Labute approximate surface area is 131 Å². The highest BCUT2D eigenvalue weighted by Gasteiger charge is 2.10. The molecule has 0 radical (unpaired) electrons. The second-order valence-electron chi connectivity index (χ2n) is 4.22. The summed E-state index contributed by atoms with van der Waals surface area (Å²) in [5, 5.41) is 1.31. The molecule has 0 heterocycles. The summed E-state index contributed by atoms with van der Waals surface area (Å²) >= 11 is 15.7. The monoisotopic (exact) mass is 358 g/mol. The van der Waals surface area contributed by atoms with Crippen molar-refractivity contribution < 1.29 is 4.74 Å². The number of hydrogen-bond donors (Lipinski definition) is 0. The first-order valence-corrected chi connectivity index (χ1v) is 7.48. The van der Waals surface area contributed by atoms with Crippen LogP contribution < -0.4 is 4.74 Å². The van der Waals surface area contributed by atoms with Crippen LogP contribution in [0, 0.1) is 0 Å². The van der Waals surface area contributed by atoms with Gasteiger partial charge in [0.15, 0.2) is 0 Å². The van der Waals surface area contributed by atoms with Crippen molar-refractivity contribution in [2.45, 2.75) is 11.2 Å². The van der Waals surface area contributed by atoms with Crippen molar-refractivity contribution in [2.24, 2.45) is 0 Å². The summed E-state index contributed by atoms with van der Waals surface area (Å²) in [7, 11) is 1.66. The topological polar surface area (TPSA) is 9.23 Å². The van der Waals surface area contributed by atoms with E-state index < -0.39 is 0 Å². The molecule has 0 fully saturated rings. The van der Waals surface area contributed by atoms with Crippen LogP contribution in [0.5, 0.6) is 5.75 Å². The van der Waals surface area contributed by atoms with Gasteiger partial charge in [0.05, 0.1) is 7.11 Å². The molecule has 0 aliphatic carbocycles. The van der Waals surface area contributed by atoms with Gasteiger partial charge in [-0.2, -0.15) is 0 Å². The van der Waals surface area contributed by atoms with Crippen LogP contribution in [-0.2, 0) is 6.42 Å².